The first-order chi connectivity index (χ1) is 11.9. The Balaban J connectivity index is 2.26. The molecule has 0 unspecified atom stereocenters. The molecular weight excluding hydrogens is 560 g/mol. The molecule has 0 saturated heterocycles. The minimum absolute atomic E-state index is 0.216. The lowest BCUT2D eigenvalue weighted by molar-refractivity contribution is 0.449. The summed E-state index contributed by atoms with van der Waals surface area (Å²) >= 11 is 4.28. The van der Waals surface area contributed by atoms with Crippen LogP contribution < -0.4 is 0 Å². The highest BCUT2D eigenvalue weighted by molar-refractivity contribution is 14.1. The van der Waals surface area contributed by atoms with E-state index in [4.69, 9.17) is 0 Å². The molecule has 0 spiro atoms. The van der Waals surface area contributed by atoms with E-state index in [2.05, 4.69) is 45.2 Å². The fraction of sp³-hybridized carbons (Fsp3) is 0. The van der Waals surface area contributed by atoms with Gasteiger partial charge in [0.1, 0.15) is 5.69 Å². The molecule has 1 heterocycles. The van der Waals surface area contributed by atoms with Gasteiger partial charge < -0.3 is 4.57 Å². The second kappa shape index (κ2) is 6.11. The fourth-order valence-corrected chi connectivity index (χ4v) is 3.95. The molecule has 7 heteroatoms. The Bertz CT molecular complexity index is 1080. The van der Waals surface area contributed by atoms with E-state index in [9.17, 15) is 17.6 Å². The molecule has 1 aromatic heterocycles. The van der Waals surface area contributed by atoms with Crippen LogP contribution in [0.3, 0.4) is 0 Å². The normalized spacial score (nSPS) is 11.6. The molecule has 0 aliphatic carbocycles. The van der Waals surface area contributed by atoms with E-state index < -0.39 is 29.0 Å². The van der Waals surface area contributed by atoms with Crippen molar-refractivity contribution in [3.8, 4) is 5.69 Å². The van der Waals surface area contributed by atoms with Crippen LogP contribution in [0.2, 0.25) is 0 Å². The van der Waals surface area contributed by atoms with Crippen LogP contribution in [0.25, 0.3) is 27.5 Å². The van der Waals surface area contributed by atoms with Crippen LogP contribution in [0.4, 0.5) is 17.6 Å². The lowest BCUT2D eigenvalue weighted by Crippen LogP contribution is -2.06. The molecule has 0 amide bonds. The molecule has 0 saturated carbocycles. The predicted octanol–water partition coefficient (Wildman–Crippen LogP) is 6.55. The molecule has 4 rings (SSSR count). The van der Waals surface area contributed by atoms with E-state index in [0.29, 0.717) is 11.0 Å². The summed E-state index contributed by atoms with van der Waals surface area (Å²) < 4.78 is 59.4. The number of fused-ring (bicyclic) bond motifs is 3. The Morgan fingerprint density at radius 2 is 1.08 bits per heavy atom. The number of hydrogen-bond acceptors (Lipinski definition) is 0. The molecule has 126 valence electrons. The third-order valence-corrected chi connectivity index (χ3v) is 5.34. The van der Waals surface area contributed by atoms with Gasteiger partial charge in [-0.3, -0.25) is 0 Å². The van der Waals surface area contributed by atoms with Gasteiger partial charge in [0, 0.05) is 24.0 Å². The molecule has 4 aromatic rings. The first kappa shape index (κ1) is 17.1. The summed E-state index contributed by atoms with van der Waals surface area (Å²) in [5.41, 5.74) is 0.195. The van der Waals surface area contributed by atoms with Crippen molar-refractivity contribution in [1.82, 2.24) is 4.57 Å². The molecule has 0 aliphatic heterocycles. The van der Waals surface area contributed by atoms with Crippen molar-refractivity contribution in [3.63, 3.8) is 0 Å². The number of nitrogens with zero attached hydrogens (tertiary/aromatic N) is 1. The number of benzene rings is 3. The highest BCUT2D eigenvalue weighted by Crippen LogP contribution is 2.36. The Hall–Kier alpha value is -1.36. The van der Waals surface area contributed by atoms with Crippen LogP contribution in [-0.2, 0) is 0 Å². The number of hydrogen-bond donors (Lipinski definition) is 0. The highest BCUT2D eigenvalue weighted by atomic mass is 127. The molecule has 25 heavy (non-hydrogen) atoms. The van der Waals surface area contributed by atoms with Gasteiger partial charge in [0.25, 0.3) is 0 Å². The molecule has 0 atom stereocenters. The minimum Gasteiger partial charge on any atom is -0.304 e. The minimum atomic E-state index is -1.43. The zero-order valence-corrected chi connectivity index (χ0v) is 16.6. The maximum atomic E-state index is 14.4. The van der Waals surface area contributed by atoms with Crippen LogP contribution in [0, 0.1) is 30.4 Å². The summed E-state index contributed by atoms with van der Waals surface area (Å²) in [6.45, 7) is 0. The van der Waals surface area contributed by atoms with Crippen LogP contribution in [0.15, 0.2) is 42.5 Å². The SMILES string of the molecule is Fc1cc(F)c(F)c(-n2c3ccc(I)cc3c3cc(I)ccc32)c1F. The van der Waals surface area contributed by atoms with E-state index in [1.54, 1.807) is 24.3 Å². The van der Waals surface area contributed by atoms with Gasteiger partial charge in [0.2, 0.25) is 0 Å². The second-order valence-electron chi connectivity index (χ2n) is 5.48. The third-order valence-electron chi connectivity index (χ3n) is 4.00. The molecule has 0 N–H and O–H groups in total. The predicted molar refractivity (Wildman–Crippen MR) is 106 cm³/mol. The maximum Gasteiger partial charge on any atom is 0.186 e. The Labute approximate surface area is 166 Å². The summed E-state index contributed by atoms with van der Waals surface area (Å²) in [4.78, 5) is 0. The lowest BCUT2D eigenvalue weighted by atomic mass is 10.2. The summed E-state index contributed by atoms with van der Waals surface area (Å²) in [6, 6.07) is 10.9. The molecule has 1 nitrogen and oxygen atoms in total. The van der Waals surface area contributed by atoms with E-state index in [0.717, 1.165) is 17.9 Å². The van der Waals surface area contributed by atoms with E-state index in [1.165, 1.54) is 4.57 Å². The first-order valence-corrected chi connectivity index (χ1v) is 9.27. The zero-order chi connectivity index (χ0) is 17.9. The van der Waals surface area contributed by atoms with Gasteiger partial charge in [0.05, 0.1) is 11.0 Å². The van der Waals surface area contributed by atoms with Crippen LogP contribution in [0.1, 0.15) is 0 Å². The average molecular weight is 567 g/mol. The summed E-state index contributed by atoms with van der Waals surface area (Å²) in [5, 5.41) is 1.51. The van der Waals surface area contributed by atoms with E-state index in [1.807, 2.05) is 12.1 Å². The van der Waals surface area contributed by atoms with E-state index in [-0.39, 0.29) is 6.07 Å². The van der Waals surface area contributed by atoms with Crippen molar-refractivity contribution in [2.24, 2.45) is 0 Å². The second-order valence-corrected chi connectivity index (χ2v) is 7.97. The molecule has 0 aliphatic rings. The summed E-state index contributed by atoms with van der Waals surface area (Å²) in [7, 11) is 0. The van der Waals surface area contributed by atoms with Gasteiger partial charge >= 0.3 is 0 Å². The smallest absolute Gasteiger partial charge is 0.186 e. The Kier molecular flexibility index (Phi) is 4.18. The van der Waals surface area contributed by atoms with Gasteiger partial charge in [-0.1, -0.05) is 0 Å². The standard InChI is InChI=1S/C18H7F4I2N/c19-12-7-13(20)17(22)18(16(12)21)25-14-3-1-8(23)5-10(14)11-6-9(24)2-4-15(11)25/h1-7H. The molecule has 0 bridgehead atoms. The highest BCUT2D eigenvalue weighted by Gasteiger charge is 2.24. The largest absolute Gasteiger partial charge is 0.304 e. The number of aromatic nitrogens is 1. The van der Waals surface area contributed by atoms with Crippen molar-refractivity contribution in [2.45, 2.75) is 0 Å². The van der Waals surface area contributed by atoms with Crippen molar-refractivity contribution in [3.05, 3.63) is 72.9 Å². The molecule has 0 fully saturated rings. The maximum absolute atomic E-state index is 14.4. The Morgan fingerprint density at radius 1 is 0.640 bits per heavy atom. The van der Waals surface area contributed by atoms with Crippen molar-refractivity contribution < 1.29 is 17.6 Å². The van der Waals surface area contributed by atoms with Gasteiger partial charge in [-0.05, 0) is 81.6 Å². The van der Waals surface area contributed by atoms with Crippen LogP contribution >= 0.6 is 45.2 Å². The molecule has 3 aromatic carbocycles. The Morgan fingerprint density at radius 3 is 1.52 bits per heavy atom. The molecule has 0 radical (unpaired) electrons. The fourth-order valence-electron chi connectivity index (χ4n) is 2.97. The van der Waals surface area contributed by atoms with E-state index >= 15 is 0 Å². The van der Waals surface area contributed by atoms with Gasteiger partial charge in [-0.25, -0.2) is 17.6 Å². The first-order valence-electron chi connectivity index (χ1n) is 7.11. The topological polar surface area (TPSA) is 4.93 Å². The van der Waals surface area contributed by atoms with Crippen molar-refractivity contribution >= 4 is 67.0 Å². The van der Waals surface area contributed by atoms with Gasteiger partial charge in [-0.2, -0.15) is 0 Å². The third kappa shape index (κ3) is 2.62. The van der Waals surface area contributed by atoms with Crippen molar-refractivity contribution in [1.29, 1.82) is 0 Å². The zero-order valence-electron chi connectivity index (χ0n) is 12.3. The van der Waals surface area contributed by atoms with Gasteiger partial charge in [-0.15, -0.1) is 0 Å². The van der Waals surface area contributed by atoms with Gasteiger partial charge in [0.15, 0.2) is 23.3 Å². The monoisotopic (exact) mass is 567 g/mol. The quantitative estimate of drug-likeness (QED) is 0.140. The van der Waals surface area contributed by atoms with Crippen LogP contribution in [0.5, 0.6) is 0 Å². The van der Waals surface area contributed by atoms with Crippen molar-refractivity contribution in [2.75, 3.05) is 0 Å². The number of halogens is 6. The summed E-state index contributed by atoms with van der Waals surface area (Å²) in [5.74, 6) is -5.70. The van der Waals surface area contributed by atoms with Crippen LogP contribution in [-0.4, -0.2) is 4.57 Å². The lowest BCUT2D eigenvalue weighted by Gasteiger charge is -2.11. The average Bonchev–Trinajstić information content (AvgIpc) is 2.87. The molecular formula is C18H7F4I2N. The number of rotatable bonds is 1. The summed E-state index contributed by atoms with van der Waals surface area (Å²) in [6.07, 6.45) is 0.